The molecule has 1 fully saturated rings. The van der Waals surface area contributed by atoms with Crippen LogP contribution >= 0.6 is 0 Å². The molecule has 1 aromatic rings. The Morgan fingerprint density at radius 3 is 3.00 bits per heavy atom. The van der Waals surface area contributed by atoms with Crippen molar-refractivity contribution in [3.8, 4) is 11.8 Å². The van der Waals surface area contributed by atoms with Crippen LogP contribution in [0.2, 0.25) is 0 Å². The van der Waals surface area contributed by atoms with Gasteiger partial charge in [0.2, 0.25) is 0 Å². The summed E-state index contributed by atoms with van der Waals surface area (Å²) in [4.78, 5) is 12.2. The summed E-state index contributed by atoms with van der Waals surface area (Å²) in [6.45, 7) is 2.01. The maximum atomic E-state index is 12.2. The SMILES string of the molecule is CC1CCCC1NC(=O)c1cccc(C#CCO)c1. The van der Waals surface area contributed by atoms with Crippen molar-refractivity contribution in [1.82, 2.24) is 5.32 Å². The van der Waals surface area contributed by atoms with Gasteiger partial charge in [-0.2, -0.15) is 0 Å². The molecule has 0 spiro atoms. The number of rotatable bonds is 2. The van der Waals surface area contributed by atoms with Crippen LogP contribution in [0.5, 0.6) is 0 Å². The molecule has 0 radical (unpaired) electrons. The molecule has 19 heavy (non-hydrogen) atoms. The summed E-state index contributed by atoms with van der Waals surface area (Å²) < 4.78 is 0. The zero-order chi connectivity index (χ0) is 13.7. The van der Waals surface area contributed by atoms with Crippen LogP contribution in [0.1, 0.15) is 42.1 Å². The minimum Gasteiger partial charge on any atom is -0.384 e. The van der Waals surface area contributed by atoms with Crippen LogP contribution in [0.15, 0.2) is 24.3 Å². The van der Waals surface area contributed by atoms with E-state index in [9.17, 15) is 4.79 Å². The molecule has 3 nitrogen and oxygen atoms in total. The predicted molar refractivity (Wildman–Crippen MR) is 74.7 cm³/mol. The quantitative estimate of drug-likeness (QED) is 0.796. The van der Waals surface area contributed by atoms with E-state index in [4.69, 9.17) is 5.11 Å². The molecule has 1 aromatic carbocycles. The van der Waals surface area contributed by atoms with Gasteiger partial charge >= 0.3 is 0 Å². The van der Waals surface area contributed by atoms with Crippen molar-refractivity contribution in [3.05, 3.63) is 35.4 Å². The van der Waals surface area contributed by atoms with Gasteiger partial charge in [-0.05, 0) is 37.0 Å². The number of nitrogens with one attached hydrogen (secondary N) is 1. The van der Waals surface area contributed by atoms with E-state index in [0.717, 1.165) is 12.0 Å². The first-order valence-corrected chi connectivity index (χ1v) is 6.71. The van der Waals surface area contributed by atoms with Gasteiger partial charge in [0.15, 0.2) is 0 Å². The van der Waals surface area contributed by atoms with Crippen LogP contribution in [0.4, 0.5) is 0 Å². The largest absolute Gasteiger partial charge is 0.384 e. The molecular weight excluding hydrogens is 238 g/mol. The average Bonchev–Trinajstić information content (AvgIpc) is 2.82. The fourth-order valence-corrected chi connectivity index (χ4v) is 2.49. The fraction of sp³-hybridized carbons (Fsp3) is 0.438. The van der Waals surface area contributed by atoms with E-state index in [1.165, 1.54) is 12.8 Å². The van der Waals surface area contributed by atoms with Gasteiger partial charge in [-0.3, -0.25) is 4.79 Å². The van der Waals surface area contributed by atoms with Crippen LogP contribution in [0.3, 0.4) is 0 Å². The molecule has 2 unspecified atom stereocenters. The Morgan fingerprint density at radius 1 is 1.47 bits per heavy atom. The minimum atomic E-state index is -0.171. The third-order valence-corrected chi connectivity index (χ3v) is 3.61. The molecule has 2 atom stereocenters. The number of benzene rings is 1. The second-order valence-corrected chi connectivity index (χ2v) is 5.03. The summed E-state index contributed by atoms with van der Waals surface area (Å²) in [5, 5.41) is 11.8. The third-order valence-electron chi connectivity index (χ3n) is 3.61. The van der Waals surface area contributed by atoms with Gasteiger partial charge in [-0.1, -0.05) is 31.3 Å². The molecule has 0 bridgehead atoms. The van der Waals surface area contributed by atoms with Crippen LogP contribution in [0.25, 0.3) is 0 Å². The molecule has 0 saturated heterocycles. The van der Waals surface area contributed by atoms with Crippen LogP contribution < -0.4 is 5.32 Å². The van der Waals surface area contributed by atoms with Gasteiger partial charge in [0.25, 0.3) is 5.91 Å². The Hall–Kier alpha value is -1.79. The number of aliphatic hydroxyl groups is 1. The molecule has 1 saturated carbocycles. The molecule has 1 aliphatic carbocycles. The zero-order valence-corrected chi connectivity index (χ0v) is 11.1. The van der Waals surface area contributed by atoms with Crippen molar-refractivity contribution in [2.75, 3.05) is 6.61 Å². The smallest absolute Gasteiger partial charge is 0.251 e. The highest BCUT2D eigenvalue weighted by Crippen LogP contribution is 2.25. The first-order chi connectivity index (χ1) is 9.20. The Morgan fingerprint density at radius 2 is 2.32 bits per heavy atom. The molecule has 3 heteroatoms. The van der Waals surface area contributed by atoms with Gasteiger partial charge < -0.3 is 10.4 Å². The summed E-state index contributed by atoms with van der Waals surface area (Å²) >= 11 is 0. The summed E-state index contributed by atoms with van der Waals surface area (Å²) in [5.41, 5.74) is 1.38. The molecular formula is C16H19NO2. The summed E-state index contributed by atoms with van der Waals surface area (Å²) in [5.74, 6) is 5.92. The normalized spacial score (nSPS) is 21.6. The zero-order valence-electron chi connectivity index (χ0n) is 11.1. The van der Waals surface area contributed by atoms with Crippen molar-refractivity contribution < 1.29 is 9.90 Å². The first-order valence-electron chi connectivity index (χ1n) is 6.71. The van der Waals surface area contributed by atoms with Gasteiger partial charge in [-0.25, -0.2) is 0 Å². The lowest BCUT2D eigenvalue weighted by Gasteiger charge is -2.17. The van der Waals surface area contributed by atoms with E-state index in [1.54, 1.807) is 12.1 Å². The number of carbonyl (C=O) groups excluding carboxylic acids is 1. The predicted octanol–water partition coefficient (Wildman–Crippen LogP) is 1.95. The van der Waals surface area contributed by atoms with E-state index in [0.29, 0.717) is 17.5 Å². The van der Waals surface area contributed by atoms with E-state index < -0.39 is 0 Å². The monoisotopic (exact) mass is 257 g/mol. The summed E-state index contributed by atoms with van der Waals surface area (Å²) in [6, 6.07) is 7.49. The number of aliphatic hydroxyl groups excluding tert-OH is 1. The third kappa shape index (κ3) is 3.59. The molecule has 1 amide bonds. The standard InChI is InChI=1S/C16H19NO2/c1-12-5-2-9-15(12)17-16(19)14-8-3-6-13(11-14)7-4-10-18/h3,6,8,11-12,15,18H,2,5,9-10H2,1H3,(H,17,19). The fourth-order valence-electron chi connectivity index (χ4n) is 2.49. The van der Waals surface area contributed by atoms with Gasteiger partial charge in [0.05, 0.1) is 0 Å². The lowest BCUT2D eigenvalue weighted by atomic mass is 10.1. The van der Waals surface area contributed by atoms with Crippen molar-refractivity contribution in [1.29, 1.82) is 0 Å². The highest BCUT2D eigenvalue weighted by Gasteiger charge is 2.24. The van der Waals surface area contributed by atoms with E-state index in [-0.39, 0.29) is 12.5 Å². The molecule has 0 aromatic heterocycles. The molecule has 0 heterocycles. The van der Waals surface area contributed by atoms with Gasteiger partial charge in [-0.15, -0.1) is 0 Å². The lowest BCUT2D eigenvalue weighted by Crippen LogP contribution is -2.36. The van der Waals surface area contributed by atoms with Crippen molar-refractivity contribution in [3.63, 3.8) is 0 Å². The van der Waals surface area contributed by atoms with Crippen molar-refractivity contribution in [2.45, 2.75) is 32.2 Å². The topological polar surface area (TPSA) is 49.3 Å². The van der Waals surface area contributed by atoms with Crippen molar-refractivity contribution >= 4 is 5.91 Å². The minimum absolute atomic E-state index is 0.0357. The molecule has 100 valence electrons. The van der Waals surface area contributed by atoms with Crippen LogP contribution in [-0.4, -0.2) is 23.7 Å². The molecule has 2 N–H and O–H groups in total. The Balaban J connectivity index is 2.06. The average molecular weight is 257 g/mol. The number of hydrogen-bond donors (Lipinski definition) is 2. The maximum Gasteiger partial charge on any atom is 0.251 e. The van der Waals surface area contributed by atoms with E-state index in [2.05, 4.69) is 24.1 Å². The van der Waals surface area contributed by atoms with Crippen LogP contribution in [0, 0.1) is 17.8 Å². The number of carbonyl (C=O) groups is 1. The van der Waals surface area contributed by atoms with E-state index >= 15 is 0 Å². The summed E-state index contributed by atoms with van der Waals surface area (Å²) in [7, 11) is 0. The number of hydrogen-bond acceptors (Lipinski definition) is 2. The highest BCUT2D eigenvalue weighted by atomic mass is 16.2. The number of amides is 1. The maximum absolute atomic E-state index is 12.2. The Kier molecular flexibility index (Phi) is 4.59. The van der Waals surface area contributed by atoms with Gasteiger partial charge in [0.1, 0.15) is 6.61 Å². The first kappa shape index (κ1) is 13.6. The Labute approximate surface area is 114 Å². The molecule has 1 aliphatic rings. The highest BCUT2D eigenvalue weighted by molar-refractivity contribution is 5.94. The molecule has 2 rings (SSSR count). The second kappa shape index (κ2) is 6.40. The lowest BCUT2D eigenvalue weighted by molar-refractivity contribution is 0.0929. The van der Waals surface area contributed by atoms with Gasteiger partial charge in [0, 0.05) is 17.2 Å². The summed E-state index contributed by atoms with van der Waals surface area (Å²) in [6.07, 6.45) is 3.44. The molecule has 0 aliphatic heterocycles. The van der Waals surface area contributed by atoms with Crippen LogP contribution in [-0.2, 0) is 0 Å². The van der Waals surface area contributed by atoms with Crippen molar-refractivity contribution in [2.24, 2.45) is 5.92 Å². The Bertz CT molecular complexity index is 513. The second-order valence-electron chi connectivity index (χ2n) is 5.03. The van der Waals surface area contributed by atoms with E-state index in [1.807, 2.05) is 12.1 Å².